The summed E-state index contributed by atoms with van der Waals surface area (Å²) in [4.78, 5) is 26.4. The van der Waals surface area contributed by atoms with Crippen LogP contribution >= 0.6 is 0 Å². The van der Waals surface area contributed by atoms with Gasteiger partial charge in [0.15, 0.2) is 0 Å². The van der Waals surface area contributed by atoms with Gasteiger partial charge >= 0.3 is 0 Å². The van der Waals surface area contributed by atoms with Gasteiger partial charge in [0.2, 0.25) is 12.3 Å². The Labute approximate surface area is 119 Å². The van der Waals surface area contributed by atoms with Crippen LogP contribution in [0.4, 0.5) is 0 Å². The lowest BCUT2D eigenvalue weighted by Crippen LogP contribution is -2.49. The smallest absolute Gasteiger partial charge is 0.234 e. The second-order valence-corrected chi connectivity index (χ2v) is 5.12. The molecule has 2 rings (SSSR count). The van der Waals surface area contributed by atoms with Gasteiger partial charge in [-0.1, -0.05) is 30.3 Å². The van der Waals surface area contributed by atoms with Crippen molar-refractivity contribution in [1.29, 1.82) is 0 Å². The fourth-order valence-electron chi connectivity index (χ4n) is 2.34. The fraction of sp³-hybridized carbons (Fsp3) is 0.467. The molecular weight excluding hydrogens is 254 g/mol. The van der Waals surface area contributed by atoms with Crippen molar-refractivity contribution in [3.63, 3.8) is 0 Å². The number of carbonyl (C=O) groups is 2. The van der Waals surface area contributed by atoms with Gasteiger partial charge < -0.3 is 10.2 Å². The van der Waals surface area contributed by atoms with Crippen LogP contribution in [-0.2, 0) is 9.59 Å². The molecule has 1 N–H and O–H groups in total. The topological polar surface area (TPSA) is 52.7 Å². The van der Waals surface area contributed by atoms with Crippen molar-refractivity contribution in [2.45, 2.75) is 13.0 Å². The zero-order valence-corrected chi connectivity index (χ0v) is 11.8. The van der Waals surface area contributed by atoms with E-state index < -0.39 is 0 Å². The van der Waals surface area contributed by atoms with Gasteiger partial charge in [0.05, 0.1) is 12.6 Å². The molecule has 1 heterocycles. The third kappa shape index (κ3) is 4.06. The Kier molecular flexibility index (Phi) is 5.12. The molecule has 1 aliphatic rings. The van der Waals surface area contributed by atoms with Crippen LogP contribution in [0.2, 0.25) is 0 Å². The second-order valence-electron chi connectivity index (χ2n) is 5.12. The van der Waals surface area contributed by atoms with Crippen molar-refractivity contribution >= 4 is 12.3 Å². The first-order chi connectivity index (χ1) is 9.69. The molecule has 0 radical (unpaired) electrons. The van der Waals surface area contributed by atoms with Gasteiger partial charge in [-0.05, 0) is 12.5 Å². The molecule has 5 nitrogen and oxygen atoms in total. The Morgan fingerprint density at radius 2 is 1.90 bits per heavy atom. The molecule has 0 saturated carbocycles. The van der Waals surface area contributed by atoms with Crippen LogP contribution in [0.1, 0.15) is 18.5 Å². The van der Waals surface area contributed by atoms with Crippen molar-refractivity contribution in [3.8, 4) is 0 Å². The number of carbonyl (C=O) groups excluding carboxylic acids is 2. The van der Waals surface area contributed by atoms with E-state index in [1.165, 1.54) is 0 Å². The summed E-state index contributed by atoms with van der Waals surface area (Å²) in [6.45, 7) is 5.29. The molecule has 2 amide bonds. The van der Waals surface area contributed by atoms with Crippen LogP contribution < -0.4 is 5.32 Å². The Morgan fingerprint density at radius 3 is 2.50 bits per heavy atom. The third-order valence-electron chi connectivity index (χ3n) is 3.60. The minimum atomic E-state index is 0.0139. The van der Waals surface area contributed by atoms with Crippen molar-refractivity contribution in [3.05, 3.63) is 35.9 Å². The number of benzene rings is 1. The molecule has 5 heteroatoms. The van der Waals surface area contributed by atoms with E-state index >= 15 is 0 Å². The maximum Gasteiger partial charge on any atom is 0.234 e. The summed E-state index contributed by atoms with van der Waals surface area (Å²) in [5.74, 6) is 0.0286. The van der Waals surface area contributed by atoms with E-state index in [9.17, 15) is 9.59 Å². The highest BCUT2D eigenvalue weighted by molar-refractivity contribution is 5.78. The lowest BCUT2D eigenvalue weighted by molar-refractivity contribution is -0.124. The predicted octanol–water partition coefficient (Wildman–Crippen LogP) is 0.638. The molecule has 0 aliphatic carbocycles. The van der Waals surface area contributed by atoms with Gasteiger partial charge in [-0.2, -0.15) is 0 Å². The van der Waals surface area contributed by atoms with E-state index in [1.54, 1.807) is 4.90 Å². The Bertz CT molecular complexity index is 442. The highest BCUT2D eigenvalue weighted by Crippen LogP contribution is 2.11. The van der Waals surface area contributed by atoms with Crippen molar-refractivity contribution in [2.24, 2.45) is 0 Å². The molecule has 1 atom stereocenters. The van der Waals surface area contributed by atoms with Crippen molar-refractivity contribution < 1.29 is 9.59 Å². The number of nitrogens with zero attached hydrogens (tertiary/aromatic N) is 2. The fourth-order valence-corrected chi connectivity index (χ4v) is 2.34. The molecule has 1 aromatic carbocycles. The molecular formula is C15H21N3O2. The number of hydrogen-bond donors (Lipinski definition) is 1. The van der Waals surface area contributed by atoms with E-state index in [0.29, 0.717) is 19.6 Å². The largest absolute Gasteiger partial charge is 0.348 e. The maximum atomic E-state index is 12.0. The molecule has 0 spiro atoms. The maximum absolute atomic E-state index is 12.0. The summed E-state index contributed by atoms with van der Waals surface area (Å²) >= 11 is 0. The summed E-state index contributed by atoms with van der Waals surface area (Å²) in [7, 11) is 0. The number of amides is 2. The zero-order valence-electron chi connectivity index (χ0n) is 11.8. The molecule has 1 fully saturated rings. The minimum Gasteiger partial charge on any atom is -0.348 e. The summed E-state index contributed by atoms with van der Waals surface area (Å²) < 4.78 is 0. The zero-order chi connectivity index (χ0) is 14.4. The normalized spacial score (nSPS) is 17.6. The van der Waals surface area contributed by atoms with E-state index in [4.69, 9.17) is 0 Å². The van der Waals surface area contributed by atoms with Gasteiger partial charge in [0.25, 0.3) is 0 Å². The molecule has 1 aliphatic heterocycles. The highest BCUT2D eigenvalue weighted by Gasteiger charge is 2.18. The first-order valence-corrected chi connectivity index (χ1v) is 6.95. The van der Waals surface area contributed by atoms with Crippen LogP contribution in [0.25, 0.3) is 0 Å². The van der Waals surface area contributed by atoms with E-state index in [0.717, 1.165) is 25.1 Å². The van der Waals surface area contributed by atoms with Crippen LogP contribution in [0.3, 0.4) is 0 Å². The average Bonchev–Trinajstić information content (AvgIpc) is 2.49. The number of hydrogen-bond acceptors (Lipinski definition) is 3. The summed E-state index contributed by atoms with van der Waals surface area (Å²) in [6, 6.07) is 9.93. The Morgan fingerprint density at radius 1 is 1.25 bits per heavy atom. The van der Waals surface area contributed by atoms with Gasteiger partial charge in [-0.25, -0.2) is 0 Å². The minimum absolute atomic E-state index is 0.0139. The Balaban J connectivity index is 1.77. The molecule has 0 bridgehead atoms. The quantitative estimate of drug-likeness (QED) is 0.802. The number of nitrogens with one attached hydrogen (secondary N) is 1. The third-order valence-corrected chi connectivity index (χ3v) is 3.60. The van der Waals surface area contributed by atoms with E-state index in [2.05, 4.69) is 10.2 Å². The van der Waals surface area contributed by atoms with Crippen molar-refractivity contribution in [1.82, 2.24) is 15.1 Å². The summed E-state index contributed by atoms with van der Waals surface area (Å²) in [5.41, 5.74) is 1.10. The summed E-state index contributed by atoms with van der Waals surface area (Å²) in [5, 5.41) is 3.00. The van der Waals surface area contributed by atoms with Gasteiger partial charge in [-0.3, -0.25) is 14.5 Å². The predicted molar refractivity (Wildman–Crippen MR) is 77.1 cm³/mol. The first-order valence-electron chi connectivity index (χ1n) is 6.95. The van der Waals surface area contributed by atoms with Gasteiger partial charge in [0.1, 0.15) is 0 Å². The SMILES string of the molecule is CC(NC(=O)CN1CCN(C=O)CC1)c1ccccc1. The number of piperazine rings is 1. The lowest BCUT2D eigenvalue weighted by atomic mass is 10.1. The molecule has 20 heavy (non-hydrogen) atoms. The van der Waals surface area contributed by atoms with Crippen LogP contribution in [-0.4, -0.2) is 54.8 Å². The van der Waals surface area contributed by atoms with Gasteiger partial charge in [-0.15, -0.1) is 0 Å². The summed E-state index contributed by atoms with van der Waals surface area (Å²) in [6.07, 6.45) is 0.870. The first kappa shape index (κ1) is 14.5. The molecule has 1 aromatic rings. The highest BCUT2D eigenvalue weighted by atomic mass is 16.2. The monoisotopic (exact) mass is 275 g/mol. The lowest BCUT2D eigenvalue weighted by Gasteiger charge is -2.32. The van der Waals surface area contributed by atoms with Crippen LogP contribution in [0, 0.1) is 0 Å². The van der Waals surface area contributed by atoms with E-state index in [-0.39, 0.29) is 11.9 Å². The molecule has 1 saturated heterocycles. The molecule has 1 unspecified atom stereocenters. The van der Waals surface area contributed by atoms with E-state index in [1.807, 2.05) is 37.3 Å². The second kappa shape index (κ2) is 7.05. The molecule has 0 aromatic heterocycles. The molecule has 108 valence electrons. The van der Waals surface area contributed by atoms with Gasteiger partial charge in [0, 0.05) is 26.2 Å². The van der Waals surface area contributed by atoms with Crippen molar-refractivity contribution in [2.75, 3.05) is 32.7 Å². The Hall–Kier alpha value is -1.88. The van der Waals surface area contributed by atoms with Crippen LogP contribution in [0.5, 0.6) is 0 Å². The van der Waals surface area contributed by atoms with Crippen LogP contribution in [0.15, 0.2) is 30.3 Å². The average molecular weight is 275 g/mol. The number of rotatable bonds is 5. The standard InChI is InChI=1S/C15H21N3O2/c1-13(14-5-3-2-4-6-14)16-15(20)11-17-7-9-18(12-19)10-8-17/h2-6,12-13H,7-11H2,1H3,(H,16,20).